The molecule has 0 nitrogen and oxygen atoms in total. The number of alkyl halides is 3. The minimum absolute atomic E-state index is 0.238. The van der Waals surface area contributed by atoms with Crippen LogP contribution in [0.25, 0.3) is 11.1 Å². The van der Waals surface area contributed by atoms with Crippen LogP contribution < -0.4 is 0 Å². The van der Waals surface area contributed by atoms with Gasteiger partial charge in [0.1, 0.15) is 11.6 Å². The fourth-order valence-electron chi connectivity index (χ4n) is 1.74. The first-order valence-corrected chi connectivity index (χ1v) is 5.92. The Morgan fingerprint density at radius 1 is 0.857 bits per heavy atom. The Morgan fingerprint density at radius 3 is 1.86 bits per heavy atom. The van der Waals surface area contributed by atoms with Crippen LogP contribution in [0.2, 0.25) is 0 Å². The zero-order chi connectivity index (χ0) is 15.6. The van der Waals surface area contributed by atoms with E-state index < -0.39 is 23.4 Å². The van der Waals surface area contributed by atoms with E-state index in [1.807, 2.05) is 6.92 Å². The lowest BCUT2D eigenvalue weighted by atomic mass is 10.0. The van der Waals surface area contributed by atoms with E-state index in [-0.39, 0.29) is 5.56 Å². The van der Waals surface area contributed by atoms with E-state index in [1.54, 1.807) is 24.3 Å². The summed E-state index contributed by atoms with van der Waals surface area (Å²) in [4.78, 5) is 0. The molecule has 0 heterocycles. The Bertz CT molecular complexity index is 692. The second kappa shape index (κ2) is 5.57. The SMILES string of the molecule is Cc1ccc(-c2cc(F)c(C#CC(F)(F)F)c(F)c2)cc1. The molecule has 0 aliphatic heterocycles. The second-order valence-electron chi connectivity index (χ2n) is 4.43. The Hall–Kier alpha value is -2.35. The van der Waals surface area contributed by atoms with Crippen LogP contribution in [0, 0.1) is 30.4 Å². The number of aryl methyl sites for hydroxylation is 1. The third-order valence-electron chi connectivity index (χ3n) is 2.76. The first kappa shape index (κ1) is 15.0. The van der Waals surface area contributed by atoms with Crippen molar-refractivity contribution in [3.8, 4) is 23.0 Å². The summed E-state index contributed by atoms with van der Waals surface area (Å²) < 4.78 is 63.4. The first-order valence-electron chi connectivity index (χ1n) is 5.92. The van der Waals surface area contributed by atoms with Gasteiger partial charge in [-0.1, -0.05) is 35.7 Å². The summed E-state index contributed by atoms with van der Waals surface area (Å²) in [5.41, 5.74) is 0.895. The van der Waals surface area contributed by atoms with Gasteiger partial charge in [-0.2, -0.15) is 13.2 Å². The molecule has 0 atom stereocenters. The van der Waals surface area contributed by atoms with Gasteiger partial charge in [0.05, 0.1) is 5.56 Å². The van der Waals surface area contributed by atoms with Crippen LogP contribution in [0.15, 0.2) is 36.4 Å². The molecule has 21 heavy (non-hydrogen) atoms. The van der Waals surface area contributed by atoms with E-state index in [4.69, 9.17) is 0 Å². The highest BCUT2D eigenvalue weighted by Gasteiger charge is 2.23. The predicted molar refractivity (Wildman–Crippen MR) is 69.5 cm³/mol. The van der Waals surface area contributed by atoms with Crippen LogP contribution in [-0.2, 0) is 0 Å². The van der Waals surface area contributed by atoms with Crippen LogP contribution in [0.1, 0.15) is 11.1 Å². The van der Waals surface area contributed by atoms with Crippen molar-refractivity contribution in [2.75, 3.05) is 0 Å². The third-order valence-corrected chi connectivity index (χ3v) is 2.76. The number of hydrogen-bond acceptors (Lipinski definition) is 0. The van der Waals surface area contributed by atoms with Crippen LogP contribution in [0.4, 0.5) is 22.0 Å². The summed E-state index contributed by atoms with van der Waals surface area (Å²) in [7, 11) is 0. The van der Waals surface area contributed by atoms with E-state index in [1.165, 1.54) is 5.92 Å². The molecule has 0 fully saturated rings. The van der Waals surface area contributed by atoms with Crippen LogP contribution in [-0.4, -0.2) is 6.18 Å². The highest BCUT2D eigenvalue weighted by molar-refractivity contribution is 5.65. The number of hydrogen-bond donors (Lipinski definition) is 0. The van der Waals surface area contributed by atoms with Gasteiger partial charge in [-0.05, 0) is 30.2 Å². The van der Waals surface area contributed by atoms with Crippen molar-refractivity contribution in [2.45, 2.75) is 13.1 Å². The number of benzene rings is 2. The van der Waals surface area contributed by atoms with E-state index in [0.29, 0.717) is 5.56 Å². The number of halogens is 5. The Labute approximate surface area is 118 Å². The Morgan fingerprint density at radius 2 is 1.38 bits per heavy atom. The molecule has 0 aliphatic rings. The van der Waals surface area contributed by atoms with Crippen molar-refractivity contribution >= 4 is 0 Å². The standard InChI is InChI=1S/C16H9F5/c1-10-2-4-11(5-3-10)12-8-14(17)13(15(18)9-12)6-7-16(19,20)21/h2-5,8-9H,1H3. The van der Waals surface area contributed by atoms with E-state index in [9.17, 15) is 22.0 Å². The van der Waals surface area contributed by atoms with Crippen molar-refractivity contribution in [1.29, 1.82) is 0 Å². The van der Waals surface area contributed by atoms with Gasteiger partial charge in [0.25, 0.3) is 0 Å². The summed E-state index contributed by atoms with van der Waals surface area (Å²) in [5.74, 6) is 0.0948. The number of rotatable bonds is 1. The summed E-state index contributed by atoms with van der Waals surface area (Å²) in [6.07, 6.45) is -4.80. The minimum Gasteiger partial charge on any atom is -0.205 e. The topological polar surface area (TPSA) is 0 Å². The maximum absolute atomic E-state index is 13.7. The molecule has 0 N–H and O–H groups in total. The summed E-state index contributed by atoms with van der Waals surface area (Å²) in [5, 5.41) is 0. The van der Waals surface area contributed by atoms with Gasteiger partial charge in [0.2, 0.25) is 0 Å². The van der Waals surface area contributed by atoms with E-state index in [2.05, 4.69) is 0 Å². The van der Waals surface area contributed by atoms with Gasteiger partial charge in [0, 0.05) is 5.92 Å². The molecule has 0 radical (unpaired) electrons. The van der Waals surface area contributed by atoms with Gasteiger partial charge in [-0.25, -0.2) is 8.78 Å². The molecule has 2 rings (SSSR count). The quantitative estimate of drug-likeness (QED) is 0.521. The highest BCUT2D eigenvalue weighted by atomic mass is 19.4. The summed E-state index contributed by atoms with van der Waals surface area (Å²) >= 11 is 0. The average molecular weight is 296 g/mol. The van der Waals surface area contributed by atoms with Crippen LogP contribution in [0.3, 0.4) is 0 Å². The molecular formula is C16H9F5. The Balaban J connectivity index is 2.46. The largest absolute Gasteiger partial charge is 0.458 e. The molecule has 0 spiro atoms. The average Bonchev–Trinajstić information content (AvgIpc) is 2.37. The second-order valence-corrected chi connectivity index (χ2v) is 4.43. The van der Waals surface area contributed by atoms with E-state index >= 15 is 0 Å². The van der Waals surface area contributed by atoms with Crippen molar-refractivity contribution in [2.24, 2.45) is 0 Å². The van der Waals surface area contributed by atoms with Gasteiger partial charge in [-0.3, -0.25) is 0 Å². The van der Waals surface area contributed by atoms with Gasteiger partial charge in [0.15, 0.2) is 0 Å². The fraction of sp³-hybridized carbons (Fsp3) is 0.125. The first-order chi connectivity index (χ1) is 9.76. The van der Waals surface area contributed by atoms with Gasteiger partial charge >= 0.3 is 6.18 Å². The monoisotopic (exact) mass is 296 g/mol. The molecule has 2 aromatic rings. The van der Waals surface area contributed by atoms with Crippen molar-refractivity contribution in [3.63, 3.8) is 0 Å². The normalized spacial score (nSPS) is 11.0. The zero-order valence-electron chi connectivity index (χ0n) is 10.9. The maximum Gasteiger partial charge on any atom is 0.458 e. The minimum atomic E-state index is -4.80. The van der Waals surface area contributed by atoms with Gasteiger partial charge in [-0.15, -0.1) is 0 Å². The molecule has 0 saturated heterocycles. The van der Waals surface area contributed by atoms with Gasteiger partial charge < -0.3 is 0 Å². The molecular weight excluding hydrogens is 287 g/mol. The molecule has 0 aromatic heterocycles. The highest BCUT2D eigenvalue weighted by Crippen LogP contribution is 2.25. The summed E-state index contributed by atoms with van der Waals surface area (Å²) in [6.45, 7) is 1.86. The van der Waals surface area contributed by atoms with Crippen LogP contribution in [0.5, 0.6) is 0 Å². The molecule has 0 aliphatic carbocycles. The molecule has 0 bridgehead atoms. The maximum atomic E-state index is 13.7. The van der Waals surface area contributed by atoms with Crippen molar-refractivity contribution in [3.05, 3.63) is 59.2 Å². The lowest BCUT2D eigenvalue weighted by Gasteiger charge is -2.05. The molecule has 108 valence electrons. The molecule has 0 amide bonds. The molecule has 0 saturated carbocycles. The summed E-state index contributed by atoms with van der Waals surface area (Å²) in [6, 6.07) is 8.81. The van der Waals surface area contributed by atoms with Crippen molar-refractivity contribution < 1.29 is 22.0 Å². The van der Waals surface area contributed by atoms with Crippen LogP contribution >= 0.6 is 0 Å². The predicted octanol–water partition coefficient (Wildman–Crippen LogP) is 4.85. The molecule has 5 heteroatoms. The lowest BCUT2D eigenvalue weighted by molar-refractivity contribution is -0.0696. The molecule has 2 aromatic carbocycles. The molecule has 0 unspecified atom stereocenters. The smallest absolute Gasteiger partial charge is 0.205 e. The van der Waals surface area contributed by atoms with E-state index in [0.717, 1.165) is 23.6 Å². The fourth-order valence-corrected chi connectivity index (χ4v) is 1.74. The Kier molecular flexibility index (Phi) is 3.99. The zero-order valence-corrected chi connectivity index (χ0v) is 10.9. The third kappa shape index (κ3) is 3.82. The van der Waals surface area contributed by atoms with Crippen molar-refractivity contribution in [1.82, 2.24) is 0 Å². The lowest BCUT2D eigenvalue weighted by Crippen LogP contribution is -2.02.